The molecule has 34 heavy (non-hydrogen) atoms. The smallest absolute Gasteiger partial charge is 0.343 e. The van der Waals surface area contributed by atoms with Crippen molar-refractivity contribution in [2.45, 2.75) is 20.8 Å². The fourth-order valence-corrected chi connectivity index (χ4v) is 3.64. The van der Waals surface area contributed by atoms with Gasteiger partial charge in [-0.15, -0.1) is 0 Å². The van der Waals surface area contributed by atoms with Crippen molar-refractivity contribution < 1.29 is 19.1 Å². The highest BCUT2D eigenvalue weighted by Gasteiger charge is 2.15. The summed E-state index contributed by atoms with van der Waals surface area (Å²) < 4.78 is 11.0. The molecule has 0 aromatic heterocycles. The molecule has 0 radical (unpaired) electrons. The largest absolute Gasteiger partial charge is 0.423 e. The van der Waals surface area contributed by atoms with Gasteiger partial charge in [0.05, 0.1) is 11.1 Å². The topological polar surface area (TPSA) is 78.6 Å². The van der Waals surface area contributed by atoms with E-state index in [-0.39, 0.29) is 0 Å². The van der Waals surface area contributed by atoms with Crippen molar-refractivity contribution in [3.8, 4) is 22.6 Å². The molecule has 0 saturated carbocycles. The average Bonchev–Trinajstić information content (AvgIpc) is 2.82. The molecule has 0 aliphatic rings. The summed E-state index contributed by atoms with van der Waals surface area (Å²) in [4.78, 5) is 25.1. The lowest BCUT2D eigenvalue weighted by atomic mass is 9.99. The Morgan fingerprint density at radius 1 is 0.647 bits per heavy atom. The van der Waals surface area contributed by atoms with Gasteiger partial charge in [0.1, 0.15) is 11.5 Å². The summed E-state index contributed by atoms with van der Waals surface area (Å²) in [6.45, 7) is 5.79. The second-order valence-electron chi connectivity index (χ2n) is 8.22. The molecule has 0 atom stereocenters. The van der Waals surface area contributed by atoms with Crippen LogP contribution >= 0.6 is 0 Å². The van der Waals surface area contributed by atoms with Gasteiger partial charge < -0.3 is 15.2 Å². The Kier molecular flexibility index (Phi) is 6.46. The molecular formula is C29H25NO4. The van der Waals surface area contributed by atoms with E-state index >= 15 is 0 Å². The number of hydrogen-bond acceptors (Lipinski definition) is 5. The Morgan fingerprint density at radius 2 is 1.32 bits per heavy atom. The van der Waals surface area contributed by atoms with Crippen molar-refractivity contribution in [1.29, 1.82) is 0 Å². The summed E-state index contributed by atoms with van der Waals surface area (Å²) in [6.07, 6.45) is 0. The predicted octanol–water partition coefficient (Wildman–Crippen LogP) is 6.30. The minimum atomic E-state index is -0.447. The molecule has 5 heteroatoms. The zero-order chi connectivity index (χ0) is 24.2. The van der Waals surface area contributed by atoms with Crippen LogP contribution in [0.15, 0.2) is 84.9 Å². The first-order valence-corrected chi connectivity index (χ1v) is 10.9. The molecule has 0 saturated heterocycles. The maximum absolute atomic E-state index is 12.7. The monoisotopic (exact) mass is 451 g/mol. The van der Waals surface area contributed by atoms with E-state index in [4.69, 9.17) is 15.2 Å². The summed E-state index contributed by atoms with van der Waals surface area (Å²) in [6, 6.07) is 25.1. The van der Waals surface area contributed by atoms with Gasteiger partial charge in [0.25, 0.3) is 0 Å². The van der Waals surface area contributed by atoms with E-state index in [1.54, 1.807) is 42.5 Å². The van der Waals surface area contributed by atoms with E-state index in [2.05, 4.69) is 0 Å². The Morgan fingerprint density at radius 3 is 1.97 bits per heavy atom. The van der Waals surface area contributed by atoms with Crippen LogP contribution in [0.3, 0.4) is 0 Å². The third kappa shape index (κ3) is 5.15. The van der Waals surface area contributed by atoms with E-state index in [9.17, 15) is 9.59 Å². The van der Waals surface area contributed by atoms with Crippen LogP contribution in [0.25, 0.3) is 11.1 Å². The number of carbonyl (C=O) groups is 2. The lowest BCUT2D eigenvalue weighted by Gasteiger charge is -2.11. The van der Waals surface area contributed by atoms with Crippen LogP contribution in [0.1, 0.15) is 37.4 Å². The van der Waals surface area contributed by atoms with E-state index in [1.165, 1.54) is 0 Å². The number of nitrogen functional groups attached to an aromatic ring is 1. The van der Waals surface area contributed by atoms with E-state index < -0.39 is 11.9 Å². The van der Waals surface area contributed by atoms with Crippen molar-refractivity contribution in [2.24, 2.45) is 0 Å². The number of esters is 2. The summed E-state index contributed by atoms with van der Waals surface area (Å²) in [7, 11) is 0. The number of benzene rings is 4. The predicted molar refractivity (Wildman–Crippen MR) is 133 cm³/mol. The van der Waals surface area contributed by atoms with Gasteiger partial charge in [-0.2, -0.15) is 0 Å². The summed E-state index contributed by atoms with van der Waals surface area (Å²) in [5.74, 6) is 0.150. The number of ether oxygens (including phenoxy) is 2. The molecule has 0 fully saturated rings. The van der Waals surface area contributed by atoms with Crippen molar-refractivity contribution in [2.75, 3.05) is 5.73 Å². The van der Waals surface area contributed by atoms with Gasteiger partial charge in [0.15, 0.2) is 0 Å². The lowest BCUT2D eigenvalue weighted by molar-refractivity contribution is 0.0724. The Bertz CT molecular complexity index is 1360. The zero-order valence-corrected chi connectivity index (χ0v) is 19.3. The van der Waals surface area contributed by atoms with Gasteiger partial charge in [-0.05, 0) is 91.6 Å². The molecule has 4 aromatic carbocycles. The van der Waals surface area contributed by atoms with Gasteiger partial charge in [0, 0.05) is 5.69 Å². The highest BCUT2D eigenvalue weighted by molar-refractivity contribution is 5.94. The average molecular weight is 452 g/mol. The van der Waals surface area contributed by atoms with Crippen LogP contribution < -0.4 is 15.2 Å². The quantitative estimate of drug-likeness (QED) is 0.219. The second-order valence-corrected chi connectivity index (χ2v) is 8.22. The van der Waals surface area contributed by atoms with Crippen LogP contribution in [0.4, 0.5) is 5.69 Å². The van der Waals surface area contributed by atoms with Crippen molar-refractivity contribution >= 4 is 17.6 Å². The first-order valence-electron chi connectivity index (χ1n) is 10.9. The Hall–Kier alpha value is -4.38. The minimum absolute atomic E-state index is 0.392. The van der Waals surface area contributed by atoms with Crippen LogP contribution in [-0.2, 0) is 0 Å². The Labute approximate surface area is 198 Å². The highest BCUT2D eigenvalue weighted by Crippen LogP contribution is 2.25. The van der Waals surface area contributed by atoms with Crippen molar-refractivity contribution in [1.82, 2.24) is 0 Å². The molecule has 0 aliphatic carbocycles. The van der Waals surface area contributed by atoms with Crippen LogP contribution in [0, 0.1) is 20.8 Å². The van der Waals surface area contributed by atoms with Gasteiger partial charge in [-0.25, -0.2) is 9.59 Å². The molecule has 2 N–H and O–H groups in total. The summed E-state index contributed by atoms with van der Waals surface area (Å²) in [5, 5.41) is 0. The standard InChI is InChI=1S/C29H25NO4/c1-18-4-15-27(20(3)16-18)34-29(32)26-14-9-23(17-19(26)2)21-5-7-22(8-6-21)28(31)33-25-12-10-24(30)11-13-25/h4-17H,30H2,1-3H3. The number of aryl methyl sites for hydroxylation is 3. The molecule has 0 heterocycles. The fraction of sp³-hybridized carbons (Fsp3) is 0.103. The second kappa shape index (κ2) is 9.63. The molecule has 170 valence electrons. The number of nitrogens with two attached hydrogens (primary N) is 1. The van der Waals surface area contributed by atoms with Crippen molar-refractivity contribution in [3.63, 3.8) is 0 Å². The number of rotatable bonds is 5. The summed E-state index contributed by atoms with van der Waals surface area (Å²) >= 11 is 0. The first-order chi connectivity index (χ1) is 16.3. The van der Waals surface area contributed by atoms with E-state index in [0.29, 0.717) is 28.3 Å². The summed E-state index contributed by atoms with van der Waals surface area (Å²) in [5.41, 5.74) is 11.9. The van der Waals surface area contributed by atoms with Crippen LogP contribution in [-0.4, -0.2) is 11.9 Å². The minimum Gasteiger partial charge on any atom is -0.423 e. The van der Waals surface area contributed by atoms with Gasteiger partial charge >= 0.3 is 11.9 Å². The van der Waals surface area contributed by atoms with E-state index in [0.717, 1.165) is 27.8 Å². The number of anilines is 1. The maximum atomic E-state index is 12.7. The first kappa shape index (κ1) is 22.8. The highest BCUT2D eigenvalue weighted by atomic mass is 16.5. The SMILES string of the molecule is Cc1ccc(OC(=O)c2ccc(-c3ccc(C(=O)Oc4ccc(N)cc4)cc3)cc2C)c(C)c1. The van der Waals surface area contributed by atoms with Gasteiger partial charge in [-0.1, -0.05) is 42.0 Å². The van der Waals surface area contributed by atoms with E-state index in [1.807, 2.05) is 63.2 Å². The molecule has 4 rings (SSSR count). The third-order valence-corrected chi connectivity index (χ3v) is 5.52. The molecule has 4 aromatic rings. The number of hydrogen-bond donors (Lipinski definition) is 1. The third-order valence-electron chi connectivity index (χ3n) is 5.52. The van der Waals surface area contributed by atoms with Crippen LogP contribution in [0.2, 0.25) is 0 Å². The Balaban J connectivity index is 1.47. The maximum Gasteiger partial charge on any atom is 0.343 e. The molecule has 0 unspecified atom stereocenters. The van der Waals surface area contributed by atoms with Crippen LogP contribution in [0.5, 0.6) is 11.5 Å². The molecule has 0 bridgehead atoms. The number of carbonyl (C=O) groups excluding carboxylic acids is 2. The van der Waals surface area contributed by atoms with Crippen molar-refractivity contribution in [3.05, 3.63) is 113 Å². The molecule has 5 nitrogen and oxygen atoms in total. The molecule has 0 aliphatic heterocycles. The fourth-order valence-electron chi connectivity index (χ4n) is 3.64. The lowest BCUT2D eigenvalue weighted by Crippen LogP contribution is -2.11. The molecule has 0 spiro atoms. The molecular weight excluding hydrogens is 426 g/mol. The normalized spacial score (nSPS) is 10.6. The molecule has 0 amide bonds. The zero-order valence-electron chi connectivity index (χ0n) is 19.3. The van der Waals surface area contributed by atoms with Gasteiger partial charge in [0.2, 0.25) is 0 Å². The van der Waals surface area contributed by atoms with Gasteiger partial charge in [-0.3, -0.25) is 0 Å².